The van der Waals surface area contributed by atoms with Crippen LogP contribution in [0.15, 0.2) is 60.9 Å². The number of alkyl halides is 2. The van der Waals surface area contributed by atoms with Crippen LogP contribution in [0.5, 0.6) is 5.75 Å². The van der Waals surface area contributed by atoms with Crippen molar-refractivity contribution in [2.75, 3.05) is 0 Å². The SMILES string of the molecule is CCCCCC1CCC(c2cnc(-c3ccc(-c4ccc(C(F)(F)Oc5cc(F)c(F)c(F)c5)c(F)c4)c(F)c3)nc2)CC1. The molecule has 232 valence electrons. The van der Waals surface area contributed by atoms with Crippen LogP contribution in [0.2, 0.25) is 0 Å². The molecular weight excluding hydrogens is 585 g/mol. The molecule has 1 saturated carbocycles. The second kappa shape index (κ2) is 13.4. The first-order chi connectivity index (χ1) is 21.1. The molecule has 0 unspecified atom stereocenters. The highest BCUT2D eigenvalue weighted by Crippen LogP contribution is 2.39. The normalized spacial score (nSPS) is 17.1. The molecule has 1 aliphatic carbocycles. The fourth-order valence-corrected chi connectivity index (χ4v) is 5.77. The zero-order chi connectivity index (χ0) is 31.4. The Hall–Kier alpha value is -3.95. The van der Waals surface area contributed by atoms with Crippen LogP contribution >= 0.6 is 0 Å². The molecule has 0 amide bonds. The molecular formula is C34H31F7N2O. The fourth-order valence-electron chi connectivity index (χ4n) is 5.77. The summed E-state index contributed by atoms with van der Waals surface area (Å²) in [6.45, 7) is 2.21. The van der Waals surface area contributed by atoms with Gasteiger partial charge in [-0.2, -0.15) is 8.78 Å². The van der Waals surface area contributed by atoms with Crippen molar-refractivity contribution in [3.8, 4) is 28.3 Å². The number of benzene rings is 3. The van der Waals surface area contributed by atoms with Crippen molar-refractivity contribution in [3.63, 3.8) is 0 Å². The third-order valence-electron chi connectivity index (χ3n) is 8.23. The molecule has 44 heavy (non-hydrogen) atoms. The van der Waals surface area contributed by atoms with E-state index in [2.05, 4.69) is 21.6 Å². The minimum Gasteiger partial charge on any atom is -0.429 e. The van der Waals surface area contributed by atoms with Crippen molar-refractivity contribution in [2.24, 2.45) is 5.92 Å². The Labute approximate surface area is 251 Å². The van der Waals surface area contributed by atoms with Gasteiger partial charge in [0.05, 0.1) is 5.56 Å². The molecule has 1 heterocycles. The minimum absolute atomic E-state index is 0.0356. The number of hydrogen-bond acceptors (Lipinski definition) is 3. The summed E-state index contributed by atoms with van der Waals surface area (Å²) in [5.41, 5.74) is 0.101. The van der Waals surface area contributed by atoms with Crippen LogP contribution in [0.1, 0.15) is 75.3 Å². The van der Waals surface area contributed by atoms with Crippen LogP contribution in [-0.4, -0.2) is 9.97 Å². The molecule has 4 aromatic rings. The lowest BCUT2D eigenvalue weighted by Gasteiger charge is -2.28. The van der Waals surface area contributed by atoms with E-state index in [4.69, 9.17) is 0 Å². The highest BCUT2D eigenvalue weighted by Gasteiger charge is 2.38. The first kappa shape index (κ1) is 31.5. The summed E-state index contributed by atoms with van der Waals surface area (Å²) in [4.78, 5) is 8.89. The standard InChI is InChI=1S/C34H31F7N2O/c1-2-3-4-5-20-6-8-21(9-7-20)24-18-42-33(43-19-24)23-10-12-26(28(35)15-23)22-11-13-27(29(36)14-22)34(40,41)44-25-16-30(37)32(39)31(38)17-25/h10-21H,2-9H2,1H3. The Morgan fingerprint density at radius 2 is 1.39 bits per heavy atom. The van der Waals surface area contributed by atoms with Gasteiger partial charge in [-0.1, -0.05) is 50.8 Å². The van der Waals surface area contributed by atoms with Crippen LogP contribution in [0.3, 0.4) is 0 Å². The minimum atomic E-state index is -4.38. The predicted molar refractivity (Wildman–Crippen MR) is 152 cm³/mol. The lowest BCUT2D eigenvalue weighted by Crippen LogP contribution is -2.23. The highest BCUT2D eigenvalue weighted by atomic mass is 19.3. The van der Waals surface area contributed by atoms with Gasteiger partial charge in [-0.25, -0.2) is 31.9 Å². The number of hydrogen-bond donors (Lipinski definition) is 0. The van der Waals surface area contributed by atoms with Crippen LogP contribution < -0.4 is 4.74 Å². The summed E-state index contributed by atoms with van der Waals surface area (Å²) in [7, 11) is 0. The number of halogens is 7. The molecule has 1 fully saturated rings. The highest BCUT2D eigenvalue weighted by molar-refractivity contribution is 5.69. The lowest BCUT2D eigenvalue weighted by atomic mass is 9.77. The molecule has 5 rings (SSSR count). The summed E-state index contributed by atoms with van der Waals surface area (Å²) in [6, 6.07) is 6.97. The molecule has 0 aliphatic heterocycles. The van der Waals surface area contributed by atoms with Gasteiger partial charge in [0.15, 0.2) is 23.3 Å². The lowest BCUT2D eigenvalue weighted by molar-refractivity contribution is -0.187. The van der Waals surface area contributed by atoms with Gasteiger partial charge in [0.2, 0.25) is 0 Å². The number of nitrogens with zero attached hydrogens (tertiary/aromatic N) is 2. The van der Waals surface area contributed by atoms with E-state index in [1.807, 2.05) is 0 Å². The number of unbranched alkanes of at least 4 members (excludes halogenated alkanes) is 2. The van der Waals surface area contributed by atoms with E-state index >= 15 is 4.39 Å². The predicted octanol–water partition coefficient (Wildman–Crippen LogP) is 10.5. The smallest absolute Gasteiger partial charge is 0.429 e. The van der Waals surface area contributed by atoms with Gasteiger partial charge >= 0.3 is 6.11 Å². The Kier molecular flexibility index (Phi) is 9.56. The molecule has 3 aromatic carbocycles. The third kappa shape index (κ3) is 7.05. The van der Waals surface area contributed by atoms with Crippen LogP contribution in [-0.2, 0) is 6.11 Å². The largest absolute Gasteiger partial charge is 0.429 e. The monoisotopic (exact) mass is 616 g/mol. The van der Waals surface area contributed by atoms with Crippen molar-refractivity contribution >= 4 is 0 Å². The zero-order valence-corrected chi connectivity index (χ0v) is 24.0. The van der Waals surface area contributed by atoms with E-state index in [0.29, 0.717) is 29.4 Å². The quantitative estimate of drug-likeness (QED) is 0.101. The molecule has 0 bridgehead atoms. The summed E-state index contributed by atoms with van der Waals surface area (Å²) in [5.74, 6) is -7.09. The van der Waals surface area contributed by atoms with Gasteiger partial charge in [0.25, 0.3) is 0 Å². The topological polar surface area (TPSA) is 35.0 Å². The van der Waals surface area contributed by atoms with Crippen molar-refractivity contribution in [1.82, 2.24) is 9.97 Å². The van der Waals surface area contributed by atoms with Crippen molar-refractivity contribution in [2.45, 2.75) is 70.3 Å². The molecule has 0 atom stereocenters. The van der Waals surface area contributed by atoms with Gasteiger partial charge in [-0.15, -0.1) is 0 Å². The second-order valence-electron chi connectivity index (χ2n) is 11.3. The van der Waals surface area contributed by atoms with Gasteiger partial charge in [0, 0.05) is 35.7 Å². The molecule has 3 nitrogen and oxygen atoms in total. The Balaban J connectivity index is 1.26. The van der Waals surface area contributed by atoms with E-state index in [1.54, 1.807) is 18.5 Å². The number of ether oxygens (including phenoxy) is 1. The first-order valence-electron chi connectivity index (χ1n) is 14.7. The van der Waals surface area contributed by atoms with Crippen LogP contribution in [0, 0.1) is 35.0 Å². The maximum atomic E-state index is 15.1. The molecule has 0 saturated heterocycles. The third-order valence-corrected chi connectivity index (χ3v) is 8.23. The van der Waals surface area contributed by atoms with E-state index < -0.39 is 46.5 Å². The average molecular weight is 617 g/mol. The molecule has 0 N–H and O–H groups in total. The maximum Gasteiger partial charge on any atom is 0.429 e. The molecule has 10 heteroatoms. The molecule has 0 radical (unpaired) electrons. The van der Waals surface area contributed by atoms with E-state index in [-0.39, 0.29) is 23.3 Å². The fraction of sp³-hybridized carbons (Fsp3) is 0.353. The van der Waals surface area contributed by atoms with E-state index in [9.17, 15) is 26.3 Å². The molecule has 1 aromatic heterocycles. The van der Waals surface area contributed by atoms with Gasteiger partial charge in [-0.3, -0.25) is 0 Å². The van der Waals surface area contributed by atoms with Gasteiger partial charge < -0.3 is 4.74 Å². The summed E-state index contributed by atoms with van der Waals surface area (Å²) >= 11 is 0. The summed E-state index contributed by atoms with van der Waals surface area (Å²) < 4.78 is 103. The van der Waals surface area contributed by atoms with Crippen molar-refractivity contribution in [3.05, 3.63) is 101 Å². The van der Waals surface area contributed by atoms with Crippen molar-refractivity contribution in [1.29, 1.82) is 0 Å². The van der Waals surface area contributed by atoms with E-state index in [1.165, 1.54) is 50.7 Å². The Morgan fingerprint density at radius 3 is 2.00 bits per heavy atom. The van der Waals surface area contributed by atoms with Gasteiger partial charge in [-0.05, 0) is 66.8 Å². The van der Waals surface area contributed by atoms with E-state index in [0.717, 1.165) is 30.4 Å². The Morgan fingerprint density at radius 1 is 0.750 bits per heavy atom. The summed E-state index contributed by atoms with van der Waals surface area (Å²) in [6.07, 6.45) is 8.86. The van der Waals surface area contributed by atoms with Crippen LogP contribution in [0.4, 0.5) is 30.7 Å². The average Bonchev–Trinajstić information content (AvgIpc) is 3.00. The Bertz CT molecular complexity index is 1580. The molecule has 1 aliphatic rings. The first-order valence-corrected chi connectivity index (χ1v) is 14.7. The number of aromatic nitrogens is 2. The summed E-state index contributed by atoms with van der Waals surface area (Å²) in [5, 5.41) is 0. The van der Waals surface area contributed by atoms with Crippen LogP contribution in [0.25, 0.3) is 22.5 Å². The van der Waals surface area contributed by atoms with Crippen molar-refractivity contribution < 1.29 is 35.5 Å². The zero-order valence-electron chi connectivity index (χ0n) is 24.0. The van der Waals surface area contributed by atoms with Gasteiger partial charge in [0.1, 0.15) is 17.4 Å². The molecule has 0 spiro atoms. The maximum absolute atomic E-state index is 15.1. The number of rotatable bonds is 10. The second-order valence-corrected chi connectivity index (χ2v) is 11.3.